The summed E-state index contributed by atoms with van der Waals surface area (Å²) in [5.74, 6) is 0. The van der Waals surface area contributed by atoms with Gasteiger partial charge in [-0.15, -0.1) is 0 Å². The maximum Gasteiger partial charge on any atom is 0.242 e. The van der Waals surface area contributed by atoms with Crippen molar-refractivity contribution in [3.63, 3.8) is 0 Å². The van der Waals surface area contributed by atoms with Crippen molar-refractivity contribution in [1.29, 1.82) is 0 Å². The first-order valence-corrected chi connectivity index (χ1v) is 12.4. The molecule has 0 aliphatic heterocycles. The van der Waals surface area contributed by atoms with E-state index < -0.39 is 0 Å². The van der Waals surface area contributed by atoms with Crippen molar-refractivity contribution >= 4 is 33.9 Å². The van der Waals surface area contributed by atoms with Crippen LogP contribution < -0.4 is 16.4 Å². The highest BCUT2D eigenvalue weighted by atomic mass is 14.7. The Bertz CT molecular complexity index is 1440. The second kappa shape index (κ2) is 9.19. The molecule has 0 saturated heterocycles. The monoisotopic (exact) mass is 453 g/mol. The quantitative estimate of drug-likeness (QED) is 0.293. The summed E-state index contributed by atoms with van der Waals surface area (Å²) >= 11 is 0. The van der Waals surface area contributed by atoms with Gasteiger partial charge in [0.05, 0.1) is 5.69 Å². The molecular weight excluding hydrogens is 421 g/mol. The van der Waals surface area contributed by atoms with Crippen LogP contribution >= 0.6 is 0 Å². The van der Waals surface area contributed by atoms with Crippen LogP contribution in [0.5, 0.6) is 0 Å². The van der Waals surface area contributed by atoms with Gasteiger partial charge in [0.25, 0.3) is 0 Å². The summed E-state index contributed by atoms with van der Waals surface area (Å²) in [5.41, 5.74) is 14.4. The number of aromatic nitrogens is 1. The molecule has 5 aromatic rings. The van der Waals surface area contributed by atoms with Crippen LogP contribution in [0, 0.1) is 41.5 Å². The van der Waals surface area contributed by atoms with E-state index in [9.17, 15) is 0 Å². The smallest absolute Gasteiger partial charge is 0.242 e. The summed E-state index contributed by atoms with van der Waals surface area (Å²) in [6.45, 7) is 13.6. The second-order valence-electron chi connectivity index (χ2n) is 10.1. The van der Waals surface area contributed by atoms with Crippen LogP contribution in [0.2, 0.25) is 0 Å². The molecule has 2 heteroatoms. The van der Waals surface area contributed by atoms with E-state index in [0.717, 1.165) is 11.3 Å². The first-order valence-electron chi connectivity index (χ1n) is 12.4. The molecule has 4 aromatic carbocycles. The summed E-state index contributed by atoms with van der Waals surface area (Å²) in [5, 5.41) is 2.39. The van der Waals surface area contributed by atoms with E-state index in [2.05, 4.69) is 120 Å². The lowest BCUT2D eigenvalue weighted by molar-refractivity contribution is 1.34. The fraction of sp³-hybridized carbons (Fsp3) is 0.182. The van der Waals surface area contributed by atoms with Crippen LogP contribution in [-0.4, -0.2) is 11.7 Å². The minimum absolute atomic E-state index is 0.190. The van der Waals surface area contributed by atoms with Crippen molar-refractivity contribution in [2.75, 3.05) is 0 Å². The molecular formula is C33H32BN. The third-order valence-corrected chi connectivity index (χ3v) is 7.22. The van der Waals surface area contributed by atoms with Crippen molar-refractivity contribution in [2.45, 2.75) is 41.5 Å². The van der Waals surface area contributed by atoms with Crippen LogP contribution in [0.4, 0.5) is 0 Å². The molecule has 0 atom stereocenters. The van der Waals surface area contributed by atoms with Gasteiger partial charge in [-0.25, -0.2) is 0 Å². The van der Waals surface area contributed by atoms with Crippen LogP contribution in [-0.2, 0) is 0 Å². The lowest BCUT2D eigenvalue weighted by atomic mass is 9.34. The number of hydrogen-bond donors (Lipinski definition) is 0. The average molecular weight is 453 g/mol. The van der Waals surface area contributed by atoms with Crippen LogP contribution in [0.15, 0.2) is 85.1 Å². The fourth-order valence-corrected chi connectivity index (χ4v) is 5.86. The SMILES string of the molecule is Cc1cc(C)c(B(c2ccc(-c3cc4ccccc4cn3)cc2)c2c(C)cc(C)cc2C)c(C)c1. The molecule has 0 unspecified atom stereocenters. The maximum absolute atomic E-state index is 4.74. The Kier molecular flexibility index (Phi) is 6.07. The molecule has 0 radical (unpaired) electrons. The van der Waals surface area contributed by atoms with E-state index in [1.165, 1.54) is 60.5 Å². The molecule has 0 fully saturated rings. The zero-order valence-corrected chi connectivity index (χ0v) is 21.6. The molecule has 1 heterocycles. The summed E-state index contributed by atoms with van der Waals surface area (Å²) in [6, 6.07) is 28.9. The summed E-state index contributed by atoms with van der Waals surface area (Å²) in [7, 11) is 0. The molecule has 35 heavy (non-hydrogen) atoms. The van der Waals surface area contributed by atoms with Gasteiger partial charge < -0.3 is 0 Å². The van der Waals surface area contributed by atoms with E-state index in [1.54, 1.807) is 0 Å². The largest absolute Gasteiger partial charge is 0.256 e. The molecule has 0 saturated carbocycles. The first-order chi connectivity index (χ1) is 16.8. The van der Waals surface area contributed by atoms with Gasteiger partial charge >= 0.3 is 0 Å². The zero-order valence-electron chi connectivity index (χ0n) is 21.6. The number of nitrogens with zero attached hydrogens (tertiary/aromatic N) is 1. The van der Waals surface area contributed by atoms with Gasteiger partial charge in [-0.3, -0.25) is 4.98 Å². The molecule has 0 N–H and O–H groups in total. The van der Waals surface area contributed by atoms with E-state index in [0.29, 0.717) is 0 Å². The summed E-state index contributed by atoms with van der Waals surface area (Å²) < 4.78 is 0. The normalized spacial score (nSPS) is 11.1. The van der Waals surface area contributed by atoms with E-state index >= 15 is 0 Å². The number of hydrogen-bond acceptors (Lipinski definition) is 1. The Hall–Kier alpha value is -3.65. The minimum atomic E-state index is 0.190. The average Bonchev–Trinajstić information content (AvgIpc) is 2.82. The van der Waals surface area contributed by atoms with Gasteiger partial charge in [-0.2, -0.15) is 0 Å². The molecule has 1 nitrogen and oxygen atoms in total. The van der Waals surface area contributed by atoms with Crippen molar-refractivity contribution in [3.05, 3.63) is 118 Å². The number of pyridine rings is 1. The van der Waals surface area contributed by atoms with Gasteiger partial charge in [-0.05, 0) is 53.0 Å². The van der Waals surface area contributed by atoms with Crippen molar-refractivity contribution < 1.29 is 0 Å². The van der Waals surface area contributed by atoms with E-state index in [1.807, 2.05) is 6.20 Å². The highest BCUT2D eigenvalue weighted by Crippen LogP contribution is 2.22. The van der Waals surface area contributed by atoms with Gasteiger partial charge in [0.1, 0.15) is 0 Å². The lowest BCUT2D eigenvalue weighted by Gasteiger charge is -2.24. The highest BCUT2D eigenvalue weighted by Gasteiger charge is 2.28. The van der Waals surface area contributed by atoms with Crippen molar-refractivity contribution in [3.8, 4) is 11.3 Å². The Morgan fingerprint density at radius 2 is 1.03 bits per heavy atom. The van der Waals surface area contributed by atoms with Crippen LogP contribution in [0.1, 0.15) is 33.4 Å². The fourth-order valence-electron chi connectivity index (χ4n) is 5.86. The molecule has 0 amide bonds. The van der Waals surface area contributed by atoms with Crippen LogP contribution in [0.3, 0.4) is 0 Å². The van der Waals surface area contributed by atoms with E-state index in [-0.39, 0.29) is 6.71 Å². The maximum atomic E-state index is 4.74. The van der Waals surface area contributed by atoms with Gasteiger partial charge in [0, 0.05) is 17.1 Å². The number of fused-ring (bicyclic) bond motifs is 1. The Labute approximate surface area is 210 Å². The third kappa shape index (κ3) is 4.41. The summed E-state index contributed by atoms with van der Waals surface area (Å²) in [4.78, 5) is 4.74. The summed E-state index contributed by atoms with van der Waals surface area (Å²) in [6.07, 6.45) is 1.97. The first kappa shape index (κ1) is 23.1. The third-order valence-electron chi connectivity index (χ3n) is 7.22. The molecule has 0 bridgehead atoms. The van der Waals surface area contributed by atoms with Crippen molar-refractivity contribution in [1.82, 2.24) is 4.98 Å². The standard InChI is InChI=1S/C33H32BN/c1-21-15-23(3)32(24(4)16-21)34(33-25(5)17-22(2)18-26(33)6)30-13-11-27(12-14-30)31-19-28-9-7-8-10-29(28)20-35-31/h7-20H,1-6H3. The van der Waals surface area contributed by atoms with Gasteiger partial charge in [0.2, 0.25) is 6.71 Å². The zero-order chi connectivity index (χ0) is 24.7. The van der Waals surface area contributed by atoms with Gasteiger partial charge in [0.15, 0.2) is 0 Å². The number of benzene rings is 4. The molecule has 0 aliphatic rings. The number of rotatable bonds is 4. The highest BCUT2D eigenvalue weighted by molar-refractivity contribution is 6.96. The topological polar surface area (TPSA) is 12.9 Å². The van der Waals surface area contributed by atoms with Crippen LogP contribution in [0.25, 0.3) is 22.0 Å². The predicted molar refractivity (Wildman–Crippen MR) is 153 cm³/mol. The Morgan fingerprint density at radius 1 is 0.543 bits per heavy atom. The van der Waals surface area contributed by atoms with E-state index in [4.69, 9.17) is 4.98 Å². The number of aryl methyl sites for hydroxylation is 6. The lowest BCUT2D eigenvalue weighted by Crippen LogP contribution is -2.55. The molecule has 1 aromatic heterocycles. The van der Waals surface area contributed by atoms with Gasteiger partial charge in [-0.1, -0.05) is 123 Å². The molecule has 172 valence electrons. The molecule has 0 spiro atoms. The second-order valence-corrected chi connectivity index (χ2v) is 10.1. The Balaban J connectivity index is 1.66. The molecule has 5 rings (SSSR count). The Morgan fingerprint density at radius 3 is 1.54 bits per heavy atom. The minimum Gasteiger partial charge on any atom is -0.256 e. The molecule has 0 aliphatic carbocycles. The predicted octanol–water partition coefficient (Wildman–Crippen LogP) is 6.27. The van der Waals surface area contributed by atoms with Crippen molar-refractivity contribution in [2.24, 2.45) is 0 Å².